The number of fused-ring (bicyclic) bond motifs is 3. The first-order valence-electron chi connectivity index (χ1n) is 10.0. The summed E-state index contributed by atoms with van der Waals surface area (Å²) in [6, 6.07) is 8.40. The second-order valence-electron chi connectivity index (χ2n) is 9.42. The van der Waals surface area contributed by atoms with Crippen molar-refractivity contribution in [3.05, 3.63) is 36.3 Å². The lowest BCUT2D eigenvalue weighted by atomic mass is 10.0. The van der Waals surface area contributed by atoms with Gasteiger partial charge in [0.1, 0.15) is 11.3 Å². The molecule has 0 N–H and O–H groups in total. The highest BCUT2D eigenvalue weighted by molar-refractivity contribution is 6.74. The second-order valence-corrected chi connectivity index (χ2v) is 14.5. The van der Waals surface area contributed by atoms with Gasteiger partial charge in [-0.3, -0.25) is 4.98 Å². The zero-order chi connectivity index (χ0) is 20.7. The van der Waals surface area contributed by atoms with Gasteiger partial charge in [-0.2, -0.15) is 0 Å². The Labute approximate surface area is 174 Å². The zero-order valence-corrected chi connectivity index (χ0v) is 19.8. The van der Waals surface area contributed by atoms with Gasteiger partial charge in [-0.05, 0) is 30.1 Å². The largest absolute Gasteiger partial charge is 0.415 e. The molecule has 3 aromatic rings. The lowest BCUT2D eigenvalue weighted by molar-refractivity contribution is 0.197. The number of hydrogen-bond acceptors (Lipinski definition) is 3. The van der Waals surface area contributed by atoms with E-state index in [1.165, 1.54) is 0 Å². The highest BCUT2D eigenvalue weighted by Gasteiger charge is 2.38. The van der Waals surface area contributed by atoms with Crippen LogP contribution in [0.1, 0.15) is 46.5 Å². The molecule has 0 saturated carbocycles. The minimum atomic E-state index is -1.85. The predicted octanol–water partition coefficient (Wildman–Crippen LogP) is 6.54. The SMILES string of the molecule is CC(C)[C@@H](CO[Si](C)(C)C(C)(C)C)n1c(CCl)nc2cnc3ccccc3c21. The molecule has 1 atom stereocenters. The molecule has 0 amide bonds. The fraction of sp³-hybridized carbons (Fsp3) is 0.545. The van der Waals surface area contributed by atoms with E-state index in [-0.39, 0.29) is 11.1 Å². The summed E-state index contributed by atoms with van der Waals surface area (Å²) in [6.45, 7) is 16.6. The van der Waals surface area contributed by atoms with Crippen molar-refractivity contribution in [3.8, 4) is 0 Å². The van der Waals surface area contributed by atoms with Crippen LogP contribution in [0, 0.1) is 5.92 Å². The van der Waals surface area contributed by atoms with Gasteiger partial charge in [0.05, 0.1) is 35.8 Å². The van der Waals surface area contributed by atoms with E-state index in [0.29, 0.717) is 18.4 Å². The van der Waals surface area contributed by atoms with Crippen molar-refractivity contribution < 1.29 is 4.43 Å². The van der Waals surface area contributed by atoms with Gasteiger partial charge in [0.25, 0.3) is 0 Å². The molecule has 152 valence electrons. The Kier molecular flexibility index (Phi) is 5.90. The van der Waals surface area contributed by atoms with E-state index in [1.807, 2.05) is 18.3 Å². The Morgan fingerprint density at radius 2 is 1.82 bits per heavy atom. The minimum Gasteiger partial charge on any atom is -0.415 e. The van der Waals surface area contributed by atoms with E-state index < -0.39 is 8.32 Å². The van der Waals surface area contributed by atoms with Crippen LogP contribution in [0.5, 0.6) is 0 Å². The molecule has 6 heteroatoms. The van der Waals surface area contributed by atoms with Gasteiger partial charge in [0, 0.05) is 5.39 Å². The summed E-state index contributed by atoms with van der Waals surface area (Å²) < 4.78 is 8.94. The predicted molar refractivity (Wildman–Crippen MR) is 122 cm³/mol. The standard InChI is InChI=1S/C22H32ClN3OSi/c1-15(2)19(14-27-28(6,7)22(3,4)5)26-20(12-23)25-18-13-24-17-11-9-8-10-16(17)21(18)26/h8-11,13,15,19H,12,14H2,1-7H3/t19-/m1/s1. The molecule has 2 aromatic heterocycles. The maximum absolute atomic E-state index is 6.63. The maximum atomic E-state index is 6.63. The number of pyridine rings is 1. The van der Waals surface area contributed by atoms with Gasteiger partial charge >= 0.3 is 0 Å². The molecule has 0 unspecified atom stereocenters. The van der Waals surface area contributed by atoms with Crippen LogP contribution >= 0.6 is 11.6 Å². The van der Waals surface area contributed by atoms with Crippen LogP contribution in [0.25, 0.3) is 21.9 Å². The van der Waals surface area contributed by atoms with Crippen molar-refractivity contribution in [2.45, 2.75) is 64.7 Å². The second kappa shape index (κ2) is 7.77. The molecule has 1 aromatic carbocycles. The third-order valence-corrected chi connectivity index (χ3v) is 10.9. The molecular formula is C22H32ClN3OSi. The van der Waals surface area contributed by atoms with E-state index in [4.69, 9.17) is 21.0 Å². The quantitative estimate of drug-likeness (QED) is 0.337. The van der Waals surface area contributed by atoms with Gasteiger partial charge in [0.2, 0.25) is 0 Å². The minimum absolute atomic E-state index is 0.165. The van der Waals surface area contributed by atoms with Gasteiger partial charge in [0.15, 0.2) is 8.32 Å². The zero-order valence-electron chi connectivity index (χ0n) is 18.1. The third kappa shape index (κ3) is 3.85. The molecule has 0 saturated heterocycles. The summed E-state index contributed by atoms with van der Waals surface area (Å²) >= 11 is 6.33. The van der Waals surface area contributed by atoms with Gasteiger partial charge in [-0.1, -0.05) is 52.8 Å². The van der Waals surface area contributed by atoms with Crippen LogP contribution in [-0.2, 0) is 10.3 Å². The topological polar surface area (TPSA) is 39.9 Å². The number of para-hydroxylation sites is 1. The molecule has 0 aliphatic heterocycles. The van der Waals surface area contributed by atoms with E-state index in [0.717, 1.165) is 27.8 Å². The monoisotopic (exact) mass is 417 g/mol. The number of hydrogen-bond donors (Lipinski definition) is 0. The smallest absolute Gasteiger partial charge is 0.192 e. The van der Waals surface area contributed by atoms with Crippen LogP contribution < -0.4 is 0 Å². The average Bonchev–Trinajstić information content (AvgIpc) is 2.99. The summed E-state index contributed by atoms with van der Waals surface area (Å²) in [5, 5.41) is 1.29. The lowest BCUT2D eigenvalue weighted by Gasteiger charge is -2.38. The van der Waals surface area contributed by atoms with E-state index >= 15 is 0 Å². The lowest BCUT2D eigenvalue weighted by Crippen LogP contribution is -2.42. The Hall–Kier alpha value is -1.43. The molecule has 28 heavy (non-hydrogen) atoms. The number of rotatable bonds is 6. The van der Waals surface area contributed by atoms with Crippen molar-refractivity contribution in [3.63, 3.8) is 0 Å². The molecule has 0 fully saturated rings. The van der Waals surface area contributed by atoms with E-state index in [1.54, 1.807) is 0 Å². The van der Waals surface area contributed by atoms with Crippen LogP contribution in [0.4, 0.5) is 0 Å². The summed E-state index contributed by atoms with van der Waals surface area (Å²) in [6.07, 6.45) is 1.86. The van der Waals surface area contributed by atoms with Crippen molar-refractivity contribution in [2.24, 2.45) is 5.92 Å². The Bertz CT molecular complexity index is 975. The first kappa shape index (κ1) is 21.3. The Morgan fingerprint density at radius 3 is 2.43 bits per heavy atom. The molecule has 4 nitrogen and oxygen atoms in total. The number of alkyl halides is 1. The molecular weight excluding hydrogens is 386 g/mol. The molecule has 0 spiro atoms. The van der Waals surface area contributed by atoms with Crippen LogP contribution in [-0.4, -0.2) is 29.5 Å². The van der Waals surface area contributed by atoms with Gasteiger partial charge < -0.3 is 8.99 Å². The molecule has 0 radical (unpaired) electrons. The maximum Gasteiger partial charge on any atom is 0.192 e. The Balaban J connectivity index is 2.14. The highest BCUT2D eigenvalue weighted by Crippen LogP contribution is 2.38. The summed E-state index contributed by atoms with van der Waals surface area (Å²) in [7, 11) is -1.85. The number of aromatic nitrogens is 3. The third-order valence-electron chi connectivity index (χ3n) is 6.14. The first-order chi connectivity index (χ1) is 13.1. The number of halogens is 1. The van der Waals surface area contributed by atoms with Crippen LogP contribution in [0.2, 0.25) is 18.1 Å². The van der Waals surface area contributed by atoms with Crippen LogP contribution in [0.3, 0.4) is 0 Å². The van der Waals surface area contributed by atoms with E-state index in [9.17, 15) is 0 Å². The van der Waals surface area contributed by atoms with Crippen LogP contribution in [0.15, 0.2) is 30.5 Å². The summed E-state index contributed by atoms with van der Waals surface area (Å²) in [4.78, 5) is 9.38. The first-order valence-corrected chi connectivity index (χ1v) is 13.5. The number of benzene rings is 1. The fourth-order valence-corrected chi connectivity index (χ4v) is 4.51. The normalized spacial score (nSPS) is 14.3. The number of nitrogens with zero attached hydrogens (tertiary/aromatic N) is 3. The molecule has 0 aliphatic carbocycles. The molecule has 0 bridgehead atoms. The Morgan fingerprint density at radius 1 is 1.14 bits per heavy atom. The van der Waals surface area contributed by atoms with Gasteiger partial charge in [-0.25, -0.2) is 4.98 Å². The molecule has 0 aliphatic rings. The summed E-state index contributed by atoms with van der Waals surface area (Å²) in [5.41, 5.74) is 2.98. The molecule has 3 rings (SSSR count). The molecule has 2 heterocycles. The van der Waals surface area contributed by atoms with Crippen molar-refractivity contribution in [2.75, 3.05) is 6.61 Å². The van der Waals surface area contributed by atoms with Gasteiger partial charge in [-0.15, -0.1) is 11.6 Å². The van der Waals surface area contributed by atoms with Crippen molar-refractivity contribution in [1.82, 2.24) is 14.5 Å². The average molecular weight is 418 g/mol. The van der Waals surface area contributed by atoms with E-state index in [2.05, 4.69) is 69.4 Å². The fourth-order valence-electron chi connectivity index (χ4n) is 3.30. The van der Waals surface area contributed by atoms with Crippen molar-refractivity contribution >= 4 is 41.9 Å². The number of imidazole rings is 1. The summed E-state index contributed by atoms with van der Waals surface area (Å²) in [5.74, 6) is 1.63. The van der Waals surface area contributed by atoms with Crippen molar-refractivity contribution in [1.29, 1.82) is 0 Å². The highest BCUT2D eigenvalue weighted by atomic mass is 35.5.